The van der Waals surface area contributed by atoms with Crippen LogP contribution in [0.25, 0.3) is 55.0 Å². The summed E-state index contributed by atoms with van der Waals surface area (Å²) >= 11 is 0. The van der Waals surface area contributed by atoms with E-state index >= 15 is 0 Å². The number of para-hydroxylation sites is 8. The molecule has 5 aliphatic heterocycles. The lowest BCUT2D eigenvalue weighted by Gasteiger charge is -2.29. The Bertz CT molecular complexity index is 6010. The third-order valence-electron chi connectivity index (χ3n) is 24.5. The number of nitrogens with one attached hydrogen (secondary N) is 5. The zero-order valence-corrected chi connectivity index (χ0v) is 82.1. The van der Waals surface area contributed by atoms with Gasteiger partial charge in [0.05, 0.1) is 84.8 Å². The van der Waals surface area contributed by atoms with Crippen molar-refractivity contribution >= 4 is 112 Å². The Morgan fingerprint density at radius 3 is 0.977 bits per heavy atom. The van der Waals surface area contributed by atoms with Gasteiger partial charge in [0, 0.05) is 113 Å². The molecule has 0 saturated heterocycles. The first kappa shape index (κ1) is 90.7. The molecule has 130 heavy (non-hydrogen) atoms. The van der Waals surface area contributed by atoms with Gasteiger partial charge in [0.1, 0.15) is 16.7 Å². The zero-order valence-electron chi connectivity index (χ0n) is 82.1. The molecule has 17 heteroatoms. The van der Waals surface area contributed by atoms with Crippen LogP contribution in [0.4, 0.5) is 56.9 Å². The Morgan fingerprint density at radius 2 is 0.554 bits per heavy atom. The highest BCUT2D eigenvalue weighted by Gasteiger charge is 2.38. The maximum Gasteiger partial charge on any atom is 0.175 e. The molecule has 5 aliphatic rings. The molecule has 6 aromatic carbocycles. The number of fused-ring (bicyclic) bond motifs is 20. The van der Waals surface area contributed by atoms with Gasteiger partial charge < -0.3 is 40.8 Å². The Balaban J connectivity index is 0.000000119. The molecule has 0 fully saturated rings. The fourth-order valence-corrected chi connectivity index (χ4v) is 17.0. The number of anilines is 10. The lowest BCUT2D eigenvalue weighted by molar-refractivity contribution is 0.447. The summed E-state index contributed by atoms with van der Waals surface area (Å²) < 4.78 is 18.9. The van der Waals surface area contributed by atoms with E-state index in [0.29, 0.717) is 0 Å². The van der Waals surface area contributed by atoms with Crippen LogP contribution in [0.5, 0.6) is 34.5 Å². The highest BCUT2D eigenvalue weighted by atomic mass is 16.5. The van der Waals surface area contributed by atoms with Crippen molar-refractivity contribution in [2.75, 3.05) is 26.6 Å². The van der Waals surface area contributed by atoms with Gasteiger partial charge in [-0.3, -0.25) is 15.0 Å². The van der Waals surface area contributed by atoms with Crippen molar-refractivity contribution in [2.45, 2.75) is 275 Å². The molecule has 15 aromatic rings. The van der Waals surface area contributed by atoms with E-state index in [9.17, 15) is 0 Å². The summed E-state index contributed by atoms with van der Waals surface area (Å²) in [5, 5.41) is 21.2. The summed E-state index contributed by atoms with van der Waals surface area (Å²) in [4.78, 5) is 44.5. The number of rotatable bonds is 0. The monoisotopic (exact) mass is 1730 g/mol. The van der Waals surface area contributed by atoms with Crippen LogP contribution in [0.2, 0.25) is 0 Å². The number of nitrogens with zero attached hydrogens (tertiary/aromatic N) is 9. The number of benzene rings is 6. The second kappa shape index (κ2) is 32.8. The van der Waals surface area contributed by atoms with Gasteiger partial charge in [0.25, 0.3) is 0 Å². The smallest absolute Gasteiger partial charge is 0.175 e. The molecule has 0 radical (unpaired) electrons. The van der Waals surface area contributed by atoms with Crippen LogP contribution < -0.4 is 40.8 Å². The Kier molecular flexibility index (Phi) is 22.9. The lowest BCUT2D eigenvalue weighted by atomic mass is 9.83. The lowest BCUT2D eigenvalue weighted by Crippen LogP contribution is -2.21. The average Bonchev–Trinajstić information content (AvgIpc) is 0.759. The van der Waals surface area contributed by atoms with E-state index in [1.807, 2.05) is 85.2 Å². The predicted molar refractivity (Wildman–Crippen MR) is 541 cm³/mol. The van der Waals surface area contributed by atoms with E-state index in [0.717, 1.165) is 182 Å². The van der Waals surface area contributed by atoms with Crippen molar-refractivity contribution in [3.05, 3.63) is 267 Å². The molecule has 0 unspecified atom stereocenters. The second-order valence-corrected chi connectivity index (χ2v) is 45.8. The molecule has 0 amide bonds. The van der Waals surface area contributed by atoms with Crippen molar-refractivity contribution in [1.82, 2.24) is 44.9 Å². The summed E-state index contributed by atoms with van der Waals surface area (Å²) in [6.45, 7) is 65.9. The molecular formula is C113H130N14O3. The second-order valence-electron chi connectivity index (χ2n) is 45.8. The summed E-state index contributed by atoms with van der Waals surface area (Å²) in [6.07, 6.45) is 5.76. The maximum atomic E-state index is 6.32. The molecule has 20 rings (SSSR count). The minimum Gasteiger partial charge on any atom is -0.451 e. The predicted octanol–water partition coefficient (Wildman–Crippen LogP) is 30.6. The highest BCUT2D eigenvalue weighted by molar-refractivity contribution is 6.02. The largest absolute Gasteiger partial charge is 0.451 e. The average molecular weight is 1730 g/mol. The van der Waals surface area contributed by atoms with E-state index in [4.69, 9.17) is 59.1 Å². The van der Waals surface area contributed by atoms with E-state index in [1.165, 1.54) is 56.0 Å². The topological polar surface area (TPSA) is 204 Å². The highest BCUT2D eigenvalue weighted by Crippen LogP contribution is 2.54. The molecule has 17 nitrogen and oxygen atoms in total. The van der Waals surface area contributed by atoms with Gasteiger partial charge in [0.15, 0.2) is 45.8 Å². The normalized spacial score (nSPS) is 13.7. The fourth-order valence-electron chi connectivity index (χ4n) is 17.0. The van der Waals surface area contributed by atoms with Crippen molar-refractivity contribution < 1.29 is 14.2 Å². The molecule has 0 spiro atoms. The molecule has 0 aliphatic carbocycles. The third kappa shape index (κ3) is 18.3. The standard InChI is InChI=1S/2C23H27N3.C23H26N2O.2C22H25N3O/c1-22(2,3)15-12-18-20(24-13-15)19-16(21(26-18)23(4,5)6)11-14-9-7-8-10-17(14)25-19;1-22(2,3)18-12-11-15-19-16(13-14-9-7-8-10-17(14)24-19)20(23(4,5)6)26-21(15)25-18;1-22(2,3)14-11-12-15-17(13-14)25-21(23(4,5)6)20-19(15)24-16-9-7-8-10-18(16)26-20;1-21(2,3)13-11-15-17(23-12-13)18-19(20(25-15)22(4,5)6)26-16-10-8-7-9-14(16)24-18;1-21(2,3)16-12-11-13-17-18(19(22(4,5)6)25-20(13)24-16)26-15-10-8-7-9-14(15)23-17/h7-10,12-13,25H,11H2,1-6H3;7-12,24H,13H2,1-6H3;7-13,24H,1-6H3;7-12,24H,1-6H3;7-12,23H,1-6H3. The molecule has 0 atom stereocenters. The molecule has 0 saturated carbocycles. The molecule has 9 aromatic heterocycles. The van der Waals surface area contributed by atoms with E-state index in [1.54, 1.807) is 0 Å². The van der Waals surface area contributed by atoms with Gasteiger partial charge in [0.2, 0.25) is 0 Å². The van der Waals surface area contributed by atoms with Crippen LogP contribution in [0.15, 0.2) is 188 Å². The first-order chi connectivity index (χ1) is 60.7. The van der Waals surface area contributed by atoms with Crippen LogP contribution in [0.3, 0.4) is 0 Å². The van der Waals surface area contributed by atoms with Crippen molar-refractivity contribution in [3.63, 3.8) is 0 Å². The van der Waals surface area contributed by atoms with Crippen molar-refractivity contribution in [2.24, 2.45) is 0 Å². The Morgan fingerprint density at radius 1 is 0.246 bits per heavy atom. The first-order valence-electron chi connectivity index (χ1n) is 45.9. The molecule has 14 heterocycles. The van der Waals surface area contributed by atoms with Gasteiger partial charge >= 0.3 is 0 Å². The van der Waals surface area contributed by atoms with Crippen molar-refractivity contribution in [3.8, 4) is 34.5 Å². The van der Waals surface area contributed by atoms with Crippen LogP contribution in [0, 0.1) is 0 Å². The van der Waals surface area contributed by atoms with Crippen LogP contribution in [0.1, 0.15) is 287 Å². The van der Waals surface area contributed by atoms with Gasteiger partial charge in [-0.15, -0.1) is 0 Å². The molecule has 5 N–H and O–H groups in total. The fraction of sp³-hybridized carbons (Fsp3) is 0.372. The number of hydrogen-bond donors (Lipinski definition) is 5. The van der Waals surface area contributed by atoms with Crippen LogP contribution >= 0.6 is 0 Å². The van der Waals surface area contributed by atoms with E-state index < -0.39 is 0 Å². The summed E-state index contributed by atoms with van der Waals surface area (Å²) in [6, 6.07) is 60.5. The van der Waals surface area contributed by atoms with Gasteiger partial charge in [-0.25, -0.2) is 29.9 Å². The minimum absolute atomic E-state index is 0.00764. The molecular weight excluding hydrogens is 1600 g/mol. The third-order valence-corrected chi connectivity index (χ3v) is 24.5. The number of ether oxygens (including phenoxy) is 3. The number of hydrogen-bond acceptors (Lipinski definition) is 17. The van der Waals surface area contributed by atoms with Crippen LogP contribution in [-0.2, 0) is 67.0 Å². The molecule has 0 bridgehead atoms. The van der Waals surface area contributed by atoms with Crippen LogP contribution in [-0.4, -0.2) is 44.9 Å². The molecule has 670 valence electrons. The quantitative estimate of drug-likeness (QED) is 0.0958. The maximum absolute atomic E-state index is 6.32. The van der Waals surface area contributed by atoms with Gasteiger partial charge in [-0.05, 0) is 135 Å². The number of aromatic nitrogens is 9. The Labute approximate surface area is 769 Å². The number of pyridine rings is 9. The zero-order chi connectivity index (χ0) is 93.4. The van der Waals surface area contributed by atoms with Gasteiger partial charge in [-0.2, -0.15) is 0 Å². The summed E-state index contributed by atoms with van der Waals surface area (Å²) in [7, 11) is 0. The van der Waals surface area contributed by atoms with Crippen molar-refractivity contribution in [1.29, 1.82) is 0 Å². The SMILES string of the molecule is CC(C)(C)c1ccc2c3c(c(C(C)(C)C)nc2c1)Oc1ccccc1N3.CC(C)(C)c1ccc2c3c(c(C(C)(C)C)nc2n1)Cc1ccccc1N3.CC(C)(C)c1ccc2c3c(c(C(C)(C)C)nc2n1)Oc1ccccc1N3.CC(C)(C)c1cnc2c3c(c(C(C)(C)C)nc2c1)Cc1ccccc1N3.CC(C)(C)c1cnc2c3c(c(C(C)(C)C)nc2c1)Oc1ccccc1N3. The van der Waals surface area contributed by atoms with Gasteiger partial charge in [-0.1, -0.05) is 293 Å². The Hall–Kier alpha value is -12.6. The van der Waals surface area contributed by atoms with E-state index in [-0.39, 0.29) is 54.1 Å². The first-order valence-corrected chi connectivity index (χ1v) is 45.9. The van der Waals surface area contributed by atoms with E-state index in [2.05, 4.69) is 337 Å². The summed E-state index contributed by atoms with van der Waals surface area (Å²) in [5.41, 5.74) is 32.5. The minimum atomic E-state index is -0.161. The summed E-state index contributed by atoms with van der Waals surface area (Å²) in [5.74, 6) is 4.91.